The molecular formula is C25H52O8. The van der Waals surface area contributed by atoms with Crippen molar-refractivity contribution >= 4 is 11.9 Å². The highest BCUT2D eigenvalue weighted by atomic mass is 16.4. The van der Waals surface area contributed by atoms with Gasteiger partial charge >= 0.3 is 11.9 Å². The van der Waals surface area contributed by atoms with Gasteiger partial charge in [-0.15, -0.1) is 0 Å². The van der Waals surface area contributed by atoms with Crippen LogP contribution >= 0.6 is 0 Å². The molecule has 0 saturated carbocycles. The lowest BCUT2D eigenvalue weighted by molar-refractivity contribution is -0.142. The molecule has 0 aromatic heterocycles. The van der Waals surface area contributed by atoms with E-state index in [1.54, 1.807) is 0 Å². The lowest BCUT2D eigenvalue weighted by Crippen LogP contribution is -2.37. The van der Waals surface area contributed by atoms with Crippen LogP contribution in [0.15, 0.2) is 0 Å². The minimum absolute atomic E-state index is 0.111. The first-order valence-electron chi connectivity index (χ1n) is 12.6. The van der Waals surface area contributed by atoms with E-state index in [-0.39, 0.29) is 5.92 Å². The Bertz CT molecular complexity index is 407. The highest BCUT2D eigenvalue weighted by molar-refractivity contribution is 5.69. The second kappa shape index (κ2) is 27.0. The third-order valence-electron chi connectivity index (χ3n) is 5.58. The van der Waals surface area contributed by atoms with Gasteiger partial charge in [-0.05, 0) is 19.3 Å². The summed E-state index contributed by atoms with van der Waals surface area (Å²) in [6, 6.07) is 0. The van der Waals surface area contributed by atoms with Gasteiger partial charge in [0.25, 0.3) is 0 Å². The van der Waals surface area contributed by atoms with Gasteiger partial charge in [0.1, 0.15) is 0 Å². The van der Waals surface area contributed by atoms with Crippen molar-refractivity contribution in [2.45, 2.75) is 111 Å². The number of rotatable bonds is 19. The van der Waals surface area contributed by atoms with Crippen molar-refractivity contribution in [3.05, 3.63) is 0 Å². The molecule has 0 aromatic rings. The van der Waals surface area contributed by atoms with Crippen molar-refractivity contribution in [3.8, 4) is 0 Å². The Morgan fingerprint density at radius 3 is 1.30 bits per heavy atom. The van der Waals surface area contributed by atoms with Crippen LogP contribution < -0.4 is 0 Å². The van der Waals surface area contributed by atoms with Gasteiger partial charge in [-0.25, -0.2) is 0 Å². The van der Waals surface area contributed by atoms with Crippen molar-refractivity contribution in [1.82, 2.24) is 0 Å². The molecule has 0 aromatic carbocycles. The molecule has 0 aliphatic heterocycles. The Morgan fingerprint density at radius 2 is 1.03 bits per heavy atom. The van der Waals surface area contributed by atoms with Crippen molar-refractivity contribution in [2.75, 3.05) is 26.4 Å². The second-order valence-corrected chi connectivity index (χ2v) is 8.69. The fourth-order valence-electron chi connectivity index (χ4n) is 2.84. The lowest BCUT2D eigenvalue weighted by atomic mass is 9.93. The van der Waals surface area contributed by atoms with Crippen LogP contribution in [-0.2, 0) is 9.59 Å². The van der Waals surface area contributed by atoms with Gasteiger partial charge in [-0.1, -0.05) is 85.0 Å². The molecule has 6 N–H and O–H groups in total. The Kier molecular flexibility index (Phi) is 29.8. The normalized spacial score (nSPS) is 11.6. The van der Waals surface area contributed by atoms with E-state index >= 15 is 0 Å². The summed E-state index contributed by atoms with van der Waals surface area (Å²) >= 11 is 0. The maximum Gasteiger partial charge on any atom is 0.306 e. The molecule has 1 atom stereocenters. The maximum absolute atomic E-state index is 10.4. The largest absolute Gasteiger partial charge is 0.481 e. The number of aliphatic carboxylic acids is 2. The lowest BCUT2D eigenvalue weighted by Gasteiger charge is -2.23. The van der Waals surface area contributed by atoms with Gasteiger partial charge in [0.2, 0.25) is 0 Å². The number of aliphatic hydroxyl groups is 4. The first kappa shape index (κ1) is 36.4. The van der Waals surface area contributed by atoms with Gasteiger partial charge in [-0.3, -0.25) is 9.59 Å². The summed E-state index contributed by atoms with van der Waals surface area (Å²) in [5, 5.41) is 51.0. The molecule has 0 radical (unpaired) electrons. The van der Waals surface area contributed by atoms with Crippen LogP contribution in [0, 0.1) is 11.3 Å². The smallest absolute Gasteiger partial charge is 0.306 e. The van der Waals surface area contributed by atoms with Gasteiger partial charge in [-0.2, -0.15) is 0 Å². The van der Waals surface area contributed by atoms with Crippen LogP contribution in [0.3, 0.4) is 0 Å². The molecule has 0 fully saturated rings. The molecule has 0 saturated heterocycles. The predicted octanol–water partition coefficient (Wildman–Crippen LogP) is 4.22. The molecule has 8 heteroatoms. The van der Waals surface area contributed by atoms with Crippen LogP contribution in [0.4, 0.5) is 0 Å². The molecule has 0 heterocycles. The van der Waals surface area contributed by atoms with Gasteiger partial charge in [0.15, 0.2) is 0 Å². The molecule has 1 unspecified atom stereocenters. The van der Waals surface area contributed by atoms with Crippen LogP contribution in [0.5, 0.6) is 0 Å². The predicted molar refractivity (Wildman–Crippen MR) is 131 cm³/mol. The van der Waals surface area contributed by atoms with Gasteiger partial charge in [0, 0.05) is 6.42 Å². The van der Waals surface area contributed by atoms with Gasteiger partial charge in [0.05, 0.1) is 37.8 Å². The monoisotopic (exact) mass is 480 g/mol. The fraction of sp³-hybridized carbons (Fsp3) is 0.920. The Balaban J connectivity index is -0.000000423. The number of hydrogen-bond acceptors (Lipinski definition) is 6. The fourth-order valence-corrected chi connectivity index (χ4v) is 2.84. The molecule has 0 amide bonds. The molecule has 0 bridgehead atoms. The molecule has 0 spiro atoms. The highest BCUT2D eigenvalue weighted by Gasteiger charge is 2.26. The zero-order valence-corrected chi connectivity index (χ0v) is 21.3. The quantitative estimate of drug-likeness (QED) is 0.150. The summed E-state index contributed by atoms with van der Waals surface area (Å²) in [5.41, 5.74) is -1.11. The number of hydrogen-bond donors (Lipinski definition) is 6. The van der Waals surface area contributed by atoms with E-state index in [2.05, 4.69) is 13.8 Å². The molecule has 8 nitrogen and oxygen atoms in total. The number of unbranched alkanes of at least 4 members (excludes halogenated alkanes) is 9. The maximum atomic E-state index is 10.4. The number of carboxylic acids is 2. The van der Waals surface area contributed by atoms with E-state index in [1.807, 2.05) is 6.92 Å². The van der Waals surface area contributed by atoms with E-state index in [0.29, 0.717) is 6.42 Å². The van der Waals surface area contributed by atoms with Gasteiger partial charge < -0.3 is 30.6 Å². The SMILES string of the molecule is CCCCC(CC)C(=O)O.CCCCCCCCCCCC(=O)O.OCC(CO)(CO)CO. The van der Waals surface area contributed by atoms with Crippen LogP contribution in [0.25, 0.3) is 0 Å². The molecule has 200 valence electrons. The summed E-state index contributed by atoms with van der Waals surface area (Å²) in [7, 11) is 0. The first-order chi connectivity index (χ1) is 15.7. The Hall–Kier alpha value is -1.22. The topological polar surface area (TPSA) is 156 Å². The number of aliphatic hydroxyl groups excluding tert-OH is 4. The van der Waals surface area contributed by atoms with Crippen molar-refractivity contribution in [1.29, 1.82) is 0 Å². The number of carbonyl (C=O) groups is 2. The van der Waals surface area contributed by atoms with Crippen molar-refractivity contribution in [2.24, 2.45) is 11.3 Å². The summed E-state index contributed by atoms with van der Waals surface area (Å²) in [5.74, 6) is -1.41. The summed E-state index contributed by atoms with van der Waals surface area (Å²) in [4.78, 5) is 20.6. The van der Waals surface area contributed by atoms with Crippen LogP contribution in [0.2, 0.25) is 0 Å². The van der Waals surface area contributed by atoms with Crippen LogP contribution in [0.1, 0.15) is 111 Å². The zero-order chi connectivity index (χ0) is 26.0. The van der Waals surface area contributed by atoms with E-state index in [1.165, 1.54) is 44.9 Å². The zero-order valence-electron chi connectivity index (χ0n) is 21.3. The first-order valence-corrected chi connectivity index (χ1v) is 12.6. The average molecular weight is 481 g/mol. The average Bonchev–Trinajstić information content (AvgIpc) is 2.81. The van der Waals surface area contributed by atoms with Crippen molar-refractivity contribution < 1.29 is 40.2 Å². The molecule has 33 heavy (non-hydrogen) atoms. The van der Waals surface area contributed by atoms with Crippen molar-refractivity contribution in [3.63, 3.8) is 0 Å². The standard InChI is InChI=1S/C12H24O2.C8H16O2.C5H12O4/c1-2-3-4-5-6-7-8-9-10-11-12(13)14;1-3-5-6-7(4-2)8(9)10;6-1-5(2-7,3-8)4-9/h2-11H2,1H3,(H,13,14);7H,3-6H2,1-2H3,(H,9,10);6-9H,1-4H2. The minimum Gasteiger partial charge on any atom is -0.481 e. The molecular weight excluding hydrogens is 428 g/mol. The highest BCUT2D eigenvalue weighted by Crippen LogP contribution is 2.13. The van der Waals surface area contributed by atoms with Crippen LogP contribution in [-0.4, -0.2) is 69.0 Å². The van der Waals surface area contributed by atoms with E-state index in [0.717, 1.165) is 38.5 Å². The third-order valence-corrected chi connectivity index (χ3v) is 5.58. The Morgan fingerprint density at radius 1 is 0.636 bits per heavy atom. The second-order valence-electron chi connectivity index (χ2n) is 8.69. The molecule has 0 aliphatic rings. The van der Waals surface area contributed by atoms with E-state index in [9.17, 15) is 9.59 Å². The minimum atomic E-state index is -1.11. The van der Waals surface area contributed by atoms with E-state index in [4.69, 9.17) is 30.6 Å². The Labute approximate surface area is 201 Å². The summed E-state index contributed by atoms with van der Waals surface area (Å²) in [6.07, 6.45) is 15.2. The molecule has 0 rings (SSSR count). The third kappa shape index (κ3) is 25.2. The van der Waals surface area contributed by atoms with E-state index < -0.39 is 43.8 Å². The summed E-state index contributed by atoms with van der Waals surface area (Å²) < 4.78 is 0. The number of carboxylic acid groups (broad SMARTS) is 2. The molecule has 0 aliphatic carbocycles. The summed E-state index contributed by atoms with van der Waals surface area (Å²) in [6.45, 7) is 4.61.